The van der Waals surface area contributed by atoms with Crippen molar-refractivity contribution in [1.29, 1.82) is 0 Å². The van der Waals surface area contributed by atoms with Crippen molar-refractivity contribution in [1.82, 2.24) is 10.2 Å². The minimum Gasteiger partial charge on any atom is -0.381 e. The number of benzene rings is 1. The van der Waals surface area contributed by atoms with Crippen molar-refractivity contribution in [2.24, 2.45) is 5.73 Å². The lowest BCUT2D eigenvalue weighted by Crippen LogP contribution is -2.14. The van der Waals surface area contributed by atoms with Crippen LogP contribution in [0.4, 0.5) is 5.69 Å². The lowest BCUT2D eigenvalue weighted by atomic mass is 10.2. The lowest BCUT2D eigenvalue weighted by molar-refractivity contribution is 0.151. The van der Waals surface area contributed by atoms with Crippen molar-refractivity contribution in [2.45, 2.75) is 0 Å². The fourth-order valence-corrected chi connectivity index (χ4v) is 1.59. The van der Waals surface area contributed by atoms with Gasteiger partial charge in [-0.3, -0.25) is 0 Å². The molecule has 1 aromatic heterocycles. The van der Waals surface area contributed by atoms with Crippen LogP contribution in [0.25, 0.3) is 10.9 Å². The van der Waals surface area contributed by atoms with Gasteiger partial charge < -0.3 is 15.8 Å². The van der Waals surface area contributed by atoms with E-state index in [0.29, 0.717) is 19.8 Å². The summed E-state index contributed by atoms with van der Waals surface area (Å²) >= 11 is 0. The third-order valence-corrected chi connectivity index (χ3v) is 2.37. The summed E-state index contributed by atoms with van der Waals surface area (Å²) in [5, 5.41) is 12.4. The molecule has 5 heteroatoms. The van der Waals surface area contributed by atoms with E-state index in [9.17, 15) is 0 Å². The zero-order valence-electron chi connectivity index (χ0n) is 9.60. The van der Waals surface area contributed by atoms with Gasteiger partial charge in [-0.25, -0.2) is 0 Å². The van der Waals surface area contributed by atoms with Gasteiger partial charge in [0.25, 0.3) is 0 Å². The molecule has 1 heterocycles. The molecule has 2 rings (SSSR count). The first-order chi connectivity index (χ1) is 8.42. The van der Waals surface area contributed by atoms with Crippen molar-refractivity contribution in [3.05, 3.63) is 30.5 Å². The average molecular weight is 232 g/mol. The van der Waals surface area contributed by atoms with Crippen LogP contribution in [0.3, 0.4) is 0 Å². The summed E-state index contributed by atoms with van der Waals surface area (Å²) in [6.45, 7) is 2.51. The van der Waals surface area contributed by atoms with Crippen molar-refractivity contribution in [3.8, 4) is 0 Å². The molecule has 0 amide bonds. The summed E-state index contributed by atoms with van der Waals surface area (Å²) in [6, 6.07) is 7.90. The Bertz CT molecular complexity index is 470. The summed E-state index contributed by atoms with van der Waals surface area (Å²) < 4.78 is 5.29. The normalized spacial score (nSPS) is 10.6. The number of nitrogens with one attached hydrogen (secondary N) is 1. The molecule has 0 aliphatic carbocycles. The van der Waals surface area contributed by atoms with Gasteiger partial charge in [-0.15, -0.1) is 0 Å². The van der Waals surface area contributed by atoms with E-state index in [4.69, 9.17) is 10.5 Å². The highest BCUT2D eigenvalue weighted by atomic mass is 16.5. The largest absolute Gasteiger partial charge is 0.381 e. The second kappa shape index (κ2) is 6.12. The number of anilines is 1. The molecule has 5 nitrogen and oxygen atoms in total. The number of aromatic nitrogens is 2. The van der Waals surface area contributed by atoms with Gasteiger partial charge >= 0.3 is 0 Å². The van der Waals surface area contributed by atoms with E-state index in [1.54, 1.807) is 6.20 Å². The molecule has 0 aliphatic rings. The maximum absolute atomic E-state index is 5.33. The van der Waals surface area contributed by atoms with Crippen LogP contribution in [-0.2, 0) is 4.74 Å². The molecule has 0 fully saturated rings. The van der Waals surface area contributed by atoms with Crippen molar-refractivity contribution in [3.63, 3.8) is 0 Å². The molecular weight excluding hydrogens is 216 g/mol. The van der Waals surface area contributed by atoms with Gasteiger partial charge in [-0.05, 0) is 6.07 Å². The molecule has 1 aromatic carbocycles. The Labute approximate surface area is 100.0 Å². The molecule has 0 saturated carbocycles. The summed E-state index contributed by atoms with van der Waals surface area (Å²) in [6.07, 6.45) is 1.73. The lowest BCUT2D eigenvalue weighted by Gasteiger charge is -2.08. The van der Waals surface area contributed by atoms with E-state index >= 15 is 0 Å². The second-order valence-corrected chi connectivity index (χ2v) is 3.60. The first kappa shape index (κ1) is 11.8. The molecule has 0 spiro atoms. The number of nitrogens with zero attached hydrogens (tertiary/aromatic N) is 2. The number of ether oxygens (including phenoxy) is 1. The summed E-state index contributed by atoms with van der Waals surface area (Å²) in [5.41, 5.74) is 7.20. The van der Waals surface area contributed by atoms with E-state index in [-0.39, 0.29) is 0 Å². The highest BCUT2D eigenvalue weighted by Gasteiger charge is 2.00. The van der Waals surface area contributed by atoms with Crippen molar-refractivity contribution in [2.75, 3.05) is 31.6 Å². The van der Waals surface area contributed by atoms with Gasteiger partial charge in [-0.1, -0.05) is 18.2 Å². The molecule has 17 heavy (non-hydrogen) atoms. The smallest absolute Gasteiger partial charge is 0.0950 e. The van der Waals surface area contributed by atoms with Gasteiger partial charge in [0.2, 0.25) is 0 Å². The second-order valence-electron chi connectivity index (χ2n) is 3.60. The SMILES string of the molecule is NCCOCCNc1cnnc2ccccc12. The van der Waals surface area contributed by atoms with Crippen molar-refractivity contribution >= 4 is 16.6 Å². The van der Waals surface area contributed by atoms with Gasteiger partial charge in [0.15, 0.2) is 0 Å². The summed E-state index contributed by atoms with van der Waals surface area (Å²) in [7, 11) is 0. The third-order valence-electron chi connectivity index (χ3n) is 2.37. The molecule has 90 valence electrons. The van der Waals surface area contributed by atoms with Crippen LogP contribution in [0.1, 0.15) is 0 Å². The number of fused-ring (bicyclic) bond motifs is 1. The first-order valence-electron chi connectivity index (χ1n) is 5.64. The standard InChI is InChI=1S/C12H16N4O/c13-5-7-17-8-6-14-12-9-15-16-11-4-2-1-3-10(11)12/h1-4,9H,5-8,13H2,(H,14,16). The van der Waals surface area contributed by atoms with E-state index < -0.39 is 0 Å². The fraction of sp³-hybridized carbons (Fsp3) is 0.333. The van der Waals surface area contributed by atoms with E-state index in [1.165, 1.54) is 0 Å². The fourth-order valence-electron chi connectivity index (χ4n) is 1.59. The third kappa shape index (κ3) is 3.12. The van der Waals surface area contributed by atoms with Gasteiger partial charge in [0.1, 0.15) is 0 Å². The topological polar surface area (TPSA) is 73.1 Å². The van der Waals surface area contributed by atoms with Crippen molar-refractivity contribution < 1.29 is 4.74 Å². The van der Waals surface area contributed by atoms with Crippen LogP contribution in [-0.4, -0.2) is 36.5 Å². The minimum absolute atomic E-state index is 0.555. The number of rotatable bonds is 6. The first-order valence-corrected chi connectivity index (χ1v) is 5.64. The zero-order chi connectivity index (χ0) is 11.9. The Balaban J connectivity index is 1.98. The molecule has 0 saturated heterocycles. The van der Waals surface area contributed by atoms with Gasteiger partial charge in [-0.2, -0.15) is 10.2 Å². The van der Waals surface area contributed by atoms with Crippen LogP contribution in [0.2, 0.25) is 0 Å². The molecular formula is C12H16N4O. The summed E-state index contributed by atoms with van der Waals surface area (Å²) in [4.78, 5) is 0. The van der Waals surface area contributed by atoms with Crippen LogP contribution >= 0.6 is 0 Å². The molecule has 0 unspecified atom stereocenters. The maximum Gasteiger partial charge on any atom is 0.0950 e. The predicted octanol–water partition coefficient (Wildman–Crippen LogP) is 1.02. The predicted molar refractivity (Wildman–Crippen MR) is 67.9 cm³/mol. The monoisotopic (exact) mass is 232 g/mol. The Morgan fingerprint density at radius 3 is 3.00 bits per heavy atom. The highest BCUT2D eigenvalue weighted by molar-refractivity contribution is 5.90. The Kier molecular flexibility index (Phi) is 4.23. The Morgan fingerprint density at radius 1 is 1.24 bits per heavy atom. The minimum atomic E-state index is 0.555. The molecule has 0 radical (unpaired) electrons. The Morgan fingerprint density at radius 2 is 2.12 bits per heavy atom. The quantitative estimate of drug-likeness (QED) is 0.727. The average Bonchev–Trinajstić information content (AvgIpc) is 2.39. The van der Waals surface area contributed by atoms with Crippen LogP contribution in [0.5, 0.6) is 0 Å². The molecule has 0 aliphatic heterocycles. The van der Waals surface area contributed by atoms with Crippen LogP contribution < -0.4 is 11.1 Å². The van der Waals surface area contributed by atoms with Gasteiger partial charge in [0, 0.05) is 18.5 Å². The zero-order valence-corrected chi connectivity index (χ0v) is 9.60. The molecule has 3 N–H and O–H groups in total. The highest BCUT2D eigenvalue weighted by Crippen LogP contribution is 2.19. The number of hydrogen-bond acceptors (Lipinski definition) is 5. The van der Waals surface area contributed by atoms with Crippen LogP contribution in [0, 0.1) is 0 Å². The molecule has 2 aromatic rings. The summed E-state index contributed by atoms with van der Waals surface area (Å²) in [5.74, 6) is 0. The van der Waals surface area contributed by atoms with Crippen LogP contribution in [0.15, 0.2) is 30.5 Å². The van der Waals surface area contributed by atoms with E-state index in [1.807, 2.05) is 24.3 Å². The van der Waals surface area contributed by atoms with Gasteiger partial charge in [0.05, 0.1) is 30.6 Å². The maximum atomic E-state index is 5.33. The number of nitrogens with two attached hydrogens (primary N) is 1. The van der Waals surface area contributed by atoms with E-state index in [0.717, 1.165) is 23.1 Å². The molecule has 0 atom stereocenters. The van der Waals surface area contributed by atoms with E-state index in [2.05, 4.69) is 15.5 Å². The number of hydrogen-bond donors (Lipinski definition) is 2. The molecule has 0 bridgehead atoms. The Hall–Kier alpha value is -1.72.